The maximum absolute atomic E-state index is 10.6. The van der Waals surface area contributed by atoms with Crippen LogP contribution in [0.5, 0.6) is 0 Å². The second-order valence-electron chi connectivity index (χ2n) is 4.36. The summed E-state index contributed by atoms with van der Waals surface area (Å²) in [7, 11) is 0. The number of rotatable bonds is 6. The van der Waals surface area contributed by atoms with Gasteiger partial charge in [-0.25, -0.2) is 0 Å². The van der Waals surface area contributed by atoms with Crippen LogP contribution >= 0.6 is 0 Å². The van der Waals surface area contributed by atoms with E-state index in [1.807, 2.05) is 24.3 Å². The average Bonchev–Trinajstić information content (AvgIpc) is 2.28. The van der Waals surface area contributed by atoms with Gasteiger partial charge in [0.25, 0.3) is 0 Å². The van der Waals surface area contributed by atoms with Crippen LogP contribution in [0, 0.1) is 0 Å². The zero-order chi connectivity index (χ0) is 12.0. The summed E-state index contributed by atoms with van der Waals surface area (Å²) in [5.41, 5.74) is 6.37. The normalized spacial score (nSPS) is 14.4. The van der Waals surface area contributed by atoms with Crippen LogP contribution < -0.4 is 5.73 Å². The smallest absolute Gasteiger partial charge is 0.151 e. The van der Waals surface area contributed by atoms with Crippen molar-refractivity contribution in [2.45, 2.75) is 31.8 Å². The molecular weight excluding hydrogens is 202 g/mol. The molecule has 88 valence electrons. The Labute approximate surface area is 96.3 Å². The van der Waals surface area contributed by atoms with Crippen LogP contribution in [0.2, 0.25) is 0 Å². The lowest BCUT2D eigenvalue weighted by Crippen LogP contribution is -2.28. The van der Waals surface area contributed by atoms with E-state index < -0.39 is 5.60 Å². The number of hydrogen-bond donors (Lipinski definition) is 2. The average molecular weight is 221 g/mol. The summed E-state index contributed by atoms with van der Waals surface area (Å²) in [5.74, 6) is 0. The van der Waals surface area contributed by atoms with E-state index in [1.54, 1.807) is 0 Å². The van der Waals surface area contributed by atoms with E-state index in [2.05, 4.69) is 0 Å². The third-order valence-electron chi connectivity index (χ3n) is 2.51. The Hall–Kier alpha value is -1.19. The molecule has 0 saturated heterocycles. The van der Waals surface area contributed by atoms with Crippen molar-refractivity contribution in [2.75, 3.05) is 6.54 Å². The highest BCUT2D eigenvalue weighted by Gasteiger charge is 2.19. The molecular formula is C13H19NO2. The number of aryl methyl sites for hydroxylation is 1. The van der Waals surface area contributed by atoms with Gasteiger partial charge in [-0.3, -0.25) is 0 Å². The number of carbonyl (C=O) groups excluding carboxylic acids is 1. The van der Waals surface area contributed by atoms with Gasteiger partial charge in [0.1, 0.15) is 5.60 Å². The van der Waals surface area contributed by atoms with Crippen molar-refractivity contribution in [2.24, 2.45) is 5.73 Å². The highest BCUT2D eigenvalue weighted by molar-refractivity contribution is 5.62. The second-order valence-corrected chi connectivity index (χ2v) is 4.36. The number of carbonyl (C=O) groups is 1. The molecule has 0 radical (unpaired) electrons. The van der Waals surface area contributed by atoms with Crippen LogP contribution in [0.15, 0.2) is 24.3 Å². The second kappa shape index (κ2) is 5.77. The molecule has 0 aliphatic heterocycles. The van der Waals surface area contributed by atoms with Gasteiger partial charge in [0.05, 0.1) is 0 Å². The maximum atomic E-state index is 10.6. The Kier molecular flexibility index (Phi) is 4.65. The highest BCUT2D eigenvalue weighted by atomic mass is 16.3. The van der Waals surface area contributed by atoms with Crippen LogP contribution in [0.4, 0.5) is 0 Å². The molecule has 1 unspecified atom stereocenters. The Morgan fingerprint density at radius 3 is 2.38 bits per heavy atom. The Morgan fingerprint density at radius 1 is 1.31 bits per heavy atom. The zero-order valence-corrected chi connectivity index (χ0v) is 9.65. The molecule has 0 aliphatic carbocycles. The minimum Gasteiger partial charge on any atom is -0.382 e. The third-order valence-corrected chi connectivity index (χ3v) is 2.51. The lowest BCUT2D eigenvalue weighted by atomic mass is 9.97. The van der Waals surface area contributed by atoms with E-state index in [0.717, 1.165) is 18.4 Å². The van der Waals surface area contributed by atoms with E-state index in [1.165, 1.54) is 12.5 Å². The first-order valence-corrected chi connectivity index (χ1v) is 5.54. The molecule has 0 aromatic heterocycles. The molecule has 3 nitrogen and oxygen atoms in total. The molecule has 16 heavy (non-hydrogen) atoms. The molecule has 0 heterocycles. The fraction of sp³-hybridized carbons (Fsp3) is 0.462. The van der Waals surface area contributed by atoms with Gasteiger partial charge in [0.2, 0.25) is 0 Å². The van der Waals surface area contributed by atoms with Gasteiger partial charge in [-0.1, -0.05) is 24.3 Å². The molecule has 0 saturated carbocycles. The minimum absolute atomic E-state index is 0.355. The molecule has 3 heteroatoms. The Morgan fingerprint density at radius 2 is 1.88 bits per heavy atom. The monoisotopic (exact) mass is 221 g/mol. The summed E-state index contributed by atoms with van der Waals surface area (Å²) >= 11 is 0. The quantitative estimate of drug-likeness (QED) is 0.706. The molecule has 1 rings (SSSR count). The van der Waals surface area contributed by atoms with Crippen molar-refractivity contribution >= 4 is 6.29 Å². The van der Waals surface area contributed by atoms with Gasteiger partial charge < -0.3 is 15.6 Å². The minimum atomic E-state index is -1.27. The lowest BCUT2D eigenvalue weighted by Gasteiger charge is -2.15. The first-order valence-electron chi connectivity index (χ1n) is 5.54. The number of nitrogens with two attached hydrogens (primary N) is 1. The largest absolute Gasteiger partial charge is 0.382 e. The van der Waals surface area contributed by atoms with Crippen LogP contribution in [-0.2, 0) is 17.6 Å². The van der Waals surface area contributed by atoms with Crippen molar-refractivity contribution in [3.05, 3.63) is 35.4 Å². The SMILES string of the molecule is CC(O)(C=O)Cc1ccc(CCCN)cc1. The first-order chi connectivity index (χ1) is 7.57. The van der Waals surface area contributed by atoms with E-state index in [4.69, 9.17) is 5.73 Å². The van der Waals surface area contributed by atoms with E-state index in [0.29, 0.717) is 19.3 Å². The van der Waals surface area contributed by atoms with Gasteiger partial charge in [0.15, 0.2) is 6.29 Å². The maximum Gasteiger partial charge on any atom is 0.151 e. The van der Waals surface area contributed by atoms with Crippen molar-refractivity contribution in [3.63, 3.8) is 0 Å². The predicted octanol–water partition coefficient (Wildman–Crippen LogP) is 1.07. The van der Waals surface area contributed by atoms with E-state index >= 15 is 0 Å². The summed E-state index contributed by atoms with van der Waals surface area (Å²) < 4.78 is 0. The van der Waals surface area contributed by atoms with Crippen LogP contribution in [0.3, 0.4) is 0 Å². The van der Waals surface area contributed by atoms with Crippen LogP contribution in [-0.4, -0.2) is 23.5 Å². The number of aliphatic hydroxyl groups is 1. The van der Waals surface area contributed by atoms with Gasteiger partial charge in [-0.05, 0) is 37.4 Å². The standard InChI is InChI=1S/C13H19NO2/c1-13(16,10-15)9-12-6-4-11(5-7-12)3-2-8-14/h4-7,10,16H,2-3,8-9,14H2,1H3. The predicted molar refractivity (Wildman–Crippen MR) is 64.2 cm³/mol. The molecule has 0 amide bonds. The number of aldehydes is 1. The molecule has 0 aliphatic rings. The van der Waals surface area contributed by atoms with Gasteiger partial charge in [0, 0.05) is 6.42 Å². The summed E-state index contributed by atoms with van der Waals surface area (Å²) in [5, 5.41) is 9.60. The van der Waals surface area contributed by atoms with E-state index in [9.17, 15) is 9.90 Å². The number of hydrogen-bond acceptors (Lipinski definition) is 3. The Bertz CT molecular complexity index is 330. The van der Waals surface area contributed by atoms with Crippen molar-refractivity contribution < 1.29 is 9.90 Å². The molecule has 1 atom stereocenters. The molecule has 0 bridgehead atoms. The van der Waals surface area contributed by atoms with Gasteiger partial charge >= 0.3 is 0 Å². The summed E-state index contributed by atoms with van der Waals surface area (Å²) in [6.45, 7) is 2.21. The van der Waals surface area contributed by atoms with Crippen molar-refractivity contribution in [3.8, 4) is 0 Å². The molecule has 0 spiro atoms. The number of benzene rings is 1. The summed E-state index contributed by atoms with van der Waals surface area (Å²) in [4.78, 5) is 10.6. The fourth-order valence-electron chi connectivity index (χ4n) is 1.58. The van der Waals surface area contributed by atoms with Crippen molar-refractivity contribution in [1.29, 1.82) is 0 Å². The summed E-state index contributed by atoms with van der Waals surface area (Å²) in [6.07, 6.45) is 2.88. The van der Waals surface area contributed by atoms with Crippen molar-refractivity contribution in [1.82, 2.24) is 0 Å². The highest BCUT2D eigenvalue weighted by Crippen LogP contribution is 2.12. The van der Waals surface area contributed by atoms with E-state index in [-0.39, 0.29) is 0 Å². The van der Waals surface area contributed by atoms with Crippen LogP contribution in [0.1, 0.15) is 24.5 Å². The van der Waals surface area contributed by atoms with Crippen LogP contribution in [0.25, 0.3) is 0 Å². The molecule has 1 aromatic rings. The van der Waals surface area contributed by atoms with Gasteiger partial charge in [-0.2, -0.15) is 0 Å². The fourth-order valence-corrected chi connectivity index (χ4v) is 1.58. The Balaban J connectivity index is 2.61. The topological polar surface area (TPSA) is 63.3 Å². The molecule has 3 N–H and O–H groups in total. The first kappa shape index (κ1) is 12.9. The summed E-state index contributed by atoms with van der Waals surface area (Å²) in [6, 6.07) is 7.94. The van der Waals surface area contributed by atoms with Gasteiger partial charge in [-0.15, -0.1) is 0 Å². The zero-order valence-electron chi connectivity index (χ0n) is 9.65. The lowest BCUT2D eigenvalue weighted by molar-refractivity contribution is -0.122. The third kappa shape index (κ3) is 4.13. The molecule has 0 fully saturated rings. The molecule has 1 aromatic carbocycles.